The first kappa shape index (κ1) is 14.3. The van der Waals surface area contributed by atoms with Gasteiger partial charge in [-0.1, -0.05) is 12.1 Å². The highest BCUT2D eigenvalue weighted by Crippen LogP contribution is 2.16. The molecule has 0 aliphatic heterocycles. The molecule has 0 N–H and O–H groups in total. The number of rotatable bonds is 6. The fourth-order valence-corrected chi connectivity index (χ4v) is 1.77. The highest BCUT2D eigenvalue weighted by atomic mass is 16.5. The van der Waals surface area contributed by atoms with Crippen molar-refractivity contribution in [3.63, 3.8) is 0 Å². The topological polar surface area (TPSA) is 72.4 Å². The SMILES string of the molecule is CCC(C)N(C)C(=O)CCc1nc(-c2ccco2)no1. The summed E-state index contributed by atoms with van der Waals surface area (Å²) in [6.45, 7) is 4.09. The Morgan fingerprint density at radius 3 is 2.95 bits per heavy atom. The number of carbonyl (C=O) groups excluding carboxylic acids is 1. The van der Waals surface area contributed by atoms with Crippen molar-refractivity contribution in [2.24, 2.45) is 0 Å². The van der Waals surface area contributed by atoms with Gasteiger partial charge in [-0.05, 0) is 25.5 Å². The largest absolute Gasteiger partial charge is 0.461 e. The van der Waals surface area contributed by atoms with Crippen LogP contribution in [0.2, 0.25) is 0 Å². The Morgan fingerprint density at radius 1 is 1.50 bits per heavy atom. The number of furan rings is 1. The molecule has 0 spiro atoms. The second-order valence-corrected chi connectivity index (χ2v) is 4.75. The number of aromatic nitrogens is 2. The lowest BCUT2D eigenvalue weighted by atomic mass is 10.2. The quantitative estimate of drug-likeness (QED) is 0.811. The van der Waals surface area contributed by atoms with Crippen LogP contribution in [0, 0.1) is 0 Å². The Kier molecular flexibility index (Phi) is 4.55. The van der Waals surface area contributed by atoms with Crippen LogP contribution in [0.1, 0.15) is 32.6 Å². The zero-order valence-corrected chi connectivity index (χ0v) is 12.0. The molecule has 1 amide bonds. The summed E-state index contributed by atoms with van der Waals surface area (Å²) >= 11 is 0. The van der Waals surface area contributed by atoms with E-state index >= 15 is 0 Å². The van der Waals surface area contributed by atoms with Crippen molar-refractivity contribution in [2.45, 2.75) is 39.2 Å². The van der Waals surface area contributed by atoms with Gasteiger partial charge >= 0.3 is 0 Å². The van der Waals surface area contributed by atoms with Crippen LogP contribution in [0.25, 0.3) is 11.6 Å². The molecule has 6 heteroatoms. The molecule has 0 radical (unpaired) electrons. The van der Waals surface area contributed by atoms with E-state index in [0.29, 0.717) is 30.3 Å². The number of carbonyl (C=O) groups is 1. The van der Waals surface area contributed by atoms with Crippen LogP contribution >= 0.6 is 0 Å². The van der Waals surface area contributed by atoms with Crippen molar-refractivity contribution >= 4 is 5.91 Å². The van der Waals surface area contributed by atoms with E-state index in [-0.39, 0.29) is 11.9 Å². The fraction of sp³-hybridized carbons (Fsp3) is 0.500. The number of aryl methyl sites for hydroxylation is 1. The maximum Gasteiger partial charge on any atom is 0.238 e. The van der Waals surface area contributed by atoms with E-state index in [9.17, 15) is 4.79 Å². The molecule has 2 heterocycles. The summed E-state index contributed by atoms with van der Waals surface area (Å²) in [6.07, 6.45) is 3.29. The number of hydrogen-bond donors (Lipinski definition) is 0. The molecule has 0 aliphatic carbocycles. The van der Waals surface area contributed by atoms with Crippen molar-refractivity contribution in [1.82, 2.24) is 15.0 Å². The molecular weight excluding hydrogens is 258 g/mol. The van der Waals surface area contributed by atoms with Gasteiger partial charge in [-0.15, -0.1) is 0 Å². The minimum absolute atomic E-state index is 0.0806. The highest BCUT2D eigenvalue weighted by molar-refractivity contribution is 5.76. The molecule has 0 aromatic carbocycles. The molecule has 0 saturated carbocycles. The number of hydrogen-bond acceptors (Lipinski definition) is 5. The van der Waals surface area contributed by atoms with Gasteiger partial charge in [0, 0.05) is 25.9 Å². The molecule has 0 fully saturated rings. The van der Waals surface area contributed by atoms with Crippen LogP contribution in [-0.4, -0.2) is 34.0 Å². The summed E-state index contributed by atoms with van der Waals surface area (Å²) < 4.78 is 10.3. The molecule has 2 aromatic rings. The normalized spacial score (nSPS) is 12.3. The summed E-state index contributed by atoms with van der Waals surface area (Å²) in [5.41, 5.74) is 0. The van der Waals surface area contributed by atoms with Crippen LogP contribution in [0.4, 0.5) is 0 Å². The van der Waals surface area contributed by atoms with E-state index in [4.69, 9.17) is 8.94 Å². The van der Waals surface area contributed by atoms with E-state index in [1.165, 1.54) is 0 Å². The van der Waals surface area contributed by atoms with Gasteiger partial charge in [-0.2, -0.15) is 4.98 Å². The Hall–Kier alpha value is -2.11. The molecule has 6 nitrogen and oxygen atoms in total. The lowest BCUT2D eigenvalue weighted by Crippen LogP contribution is -2.34. The minimum Gasteiger partial charge on any atom is -0.461 e. The second kappa shape index (κ2) is 6.36. The maximum atomic E-state index is 12.0. The van der Waals surface area contributed by atoms with E-state index in [1.54, 1.807) is 23.3 Å². The maximum absolute atomic E-state index is 12.0. The Balaban J connectivity index is 1.90. The smallest absolute Gasteiger partial charge is 0.238 e. The Bertz CT molecular complexity index is 548. The van der Waals surface area contributed by atoms with Gasteiger partial charge in [-0.3, -0.25) is 4.79 Å². The molecule has 0 saturated heterocycles. The first-order valence-electron chi connectivity index (χ1n) is 6.74. The Labute approximate surface area is 117 Å². The number of amides is 1. The van der Waals surface area contributed by atoms with E-state index in [0.717, 1.165) is 6.42 Å². The van der Waals surface area contributed by atoms with Crippen LogP contribution in [0.5, 0.6) is 0 Å². The molecule has 2 aromatic heterocycles. The van der Waals surface area contributed by atoms with Crippen LogP contribution in [-0.2, 0) is 11.2 Å². The van der Waals surface area contributed by atoms with Crippen molar-refractivity contribution in [3.8, 4) is 11.6 Å². The average Bonchev–Trinajstić information content (AvgIpc) is 3.13. The van der Waals surface area contributed by atoms with Gasteiger partial charge in [0.15, 0.2) is 5.76 Å². The summed E-state index contributed by atoms with van der Waals surface area (Å²) in [5.74, 6) is 1.50. The van der Waals surface area contributed by atoms with Crippen molar-refractivity contribution in [3.05, 3.63) is 24.3 Å². The van der Waals surface area contributed by atoms with Gasteiger partial charge in [0.25, 0.3) is 0 Å². The third-order valence-electron chi connectivity index (χ3n) is 3.41. The molecule has 20 heavy (non-hydrogen) atoms. The summed E-state index contributed by atoms with van der Waals surface area (Å²) in [6, 6.07) is 3.76. The van der Waals surface area contributed by atoms with Crippen LogP contribution in [0.15, 0.2) is 27.3 Å². The summed E-state index contributed by atoms with van der Waals surface area (Å²) in [5, 5.41) is 3.83. The van der Waals surface area contributed by atoms with Crippen molar-refractivity contribution in [1.29, 1.82) is 0 Å². The van der Waals surface area contributed by atoms with E-state index in [1.807, 2.05) is 14.0 Å². The molecule has 0 bridgehead atoms. The molecule has 1 atom stereocenters. The monoisotopic (exact) mass is 277 g/mol. The minimum atomic E-state index is 0.0806. The Morgan fingerprint density at radius 2 is 2.30 bits per heavy atom. The third-order valence-corrected chi connectivity index (χ3v) is 3.41. The first-order valence-corrected chi connectivity index (χ1v) is 6.74. The average molecular weight is 277 g/mol. The summed E-state index contributed by atoms with van der Waals surface area (Å²) in [7, 11) is 1.82. The van der Waals surface area contributed by atoms with Gasteiger partial charge < -0.3 is 13.8 Å². The standard InChI is InChI=1S/C14H19N3O3/c1-4-10(2)17(3)13(18)8-7-12-15-14(16-20-12)11-6-5-9-19-11/h5-6,9-10H,4,7-8H2,1-3H3. The molecular formula is C14H19N3O3. The third kappa shape index (κ3) is 3.26. The second-order valence-electron chi connectivity index (χ2n) is 4.75. The van der Waals surface area contributed by atoms with Crippen LogP contribution < -0.4 is 0 Å². The molecule has 1 unspecified atom stereocenters. The lowest BCUT2D eigenvalue weighted by Gasteiger charge is -2.23. The van der Waals surface area contributed by atoms with Gasteiger partial charge in [0.05, 0.1) is 6.26 Å². The first-order chi connectivity index (χ1) is 9.61. The summed E-state index contributed by atoms with van der Waals surface area (Å²) in [4.78, 5) is 17.9. The van der Waals surface area contributed by atoms with Crippen LogP contribution in [0.3, 0.4) is 0 Å². The zero-order chi connectivity index (χ0) is 14.5. The van der Waals surface area contributed by atoms with Crippen molar-refractivity contribution in [2.75, 3.05) is 7.05 Å². The zero-order valence-electron chi connectivity index (χ0n) is 12.0. The van der Waals surface area contributed by atoms with Gasteiger partial charge in [0.1, 0.15) is 0 Å². The lowest BCUT2D eigenvalue weighted by molar-refractivity contribution is -0.131. The van der Waals surface area contributed by atoms with Crippen molar-refractivity contribution < 1.29 is 13.7 Å². The van der Waals surface area contributed by atoms with Gasteiger partial charge in [0.2, 0.25) is 17.6 Å². The van der Waals surface area contributed by atoms with Gasteiger partial charge in [-0.25, -0.2) is 0 Å². The molecule has 108 valence electrons. The highest BCUT2D eigenvalue weighted by Gasteiger charge is 2.16. The predicted octanol–water partition coefficient (Wildman–Crippen LogP) is 2.52. The van der Waals surface area contributed by atoms with E-state index in [2.05, 4.69) is 17.1 Å². The molecule has 2 rings (SSSR count). The predicted molar refractivity (Wildman–Crippen MR) is 72.8 cm³/mol. The van der Waals surface area contributed by atoms with E-state index < -0.39 is 0 Å². The molecule has 0 aliphatic rings. The fourth-order valence-electron chi connectivity index (χ4n) is 1.77. The number of nitrogens with zero attached hydrogens (tertiary/aromatic N) is 3.